The van der Waals surface area contributed by atoms with E-state index in [0.29, 0.717) is 19.3 Å². The molecular formula is C61H104O6. The van der Waals surface area contributed by atoms with Gasteiger partial charge in [-0.1, -0.05) is 234 Å². The molecule has 384 valence electrons. The van der Waals surface area contributed by atoms with Gasteiger partial charge >= 0.3 is 17.9 Å². The van der Waals surface area contributed by atoms with Crippen molar-refractivity contribution in [2.75, 3.05) is 13.2 Å². The second-order valence-electron chi connectivity index (χ2n) is 18.5. The Kier molecular flexibility index (Phi) is 52.4. The number of carbonyl (C=O) groups is 3. The number of carbonyl (C=O) groups excluding carboxylic acids is 3. The summed E-state index contributed by atoms with van der Waals surface area (Å²) in [4.78, 5) is 38.1. The summed E-state index contributed by atoms with van der Waals surface area (Å²) in [5, 5.41) is 0. The predicted molar refractivity (Wildman–Crippen MR) is 288 cm³/mol. The number of hydrogen-bond acceptors (Lipinski definition) is 6. The Bertz CT molecular complexity index is 1300. The van der Waals surface area contributed by atoms with Crippen LogP contribution in [0.5, 0.6) is 0 Å². The van der Waals surface area contributed by atoms with Crippen molar-refractivity contribution in [3.8, 4) is 0 Å². The third-order valence-electron chi connectivity index (χ3n) is 11.9. The Balaban J connectivity index is 4.42. The molecule has 0 amide bonds. The van der Waals surface area contributed by atoms with Gasteiger partial charge in [-0.3, -0.25) is 14.4 Å². The van der Waals surface area contributed by atoms with Crippen LogP contribution in [0.3, 0.4) is 0 Å². The van der Waals surface area contributed by atoms with Crippen LogP contribution in [0.2, 0.25) is 0 Å². The fraction of sp³-hybridized carbons (Fsp3) is 0.721. The molecule has 67 heavy (non-hydrogen) atoms. The van der Waals surface area contributed by atoms with E-state index in [0.717, 1.165) is 116 Å². The molecular weight excluding hydrogens is 829 g/mol. The van der Waals surface area contributed by atoms with Crippen LogP contribution in [0, 0.1) is 0 Å². The monoisotopic (exact) mass is 933 g/mol. The first-order chi connectivity index (χ1) is 33.0. The molecule has 1 atom stereocenters. The lowest BCUT2D eigenvalue weighted by Crippen LogP contribution is -2.30. The van der Waals surface area contributed by atoms with E-state index in [2.05, 4.69) is 106 Å². The summed E-state index contributed by atoms with van der Waals surface area (Å²) >= 11 is 0. The minimum absolute atomic E-state index is 0.0933. The van der Waals surface area contributed by atoms with Crippen LogP contribution in [-0.4, -0.2) is 37.2 Å². The number of unbranched alkanes of at least 4 members (excludes halogenated alkanes) is 28. The third kappa shape index (κ3) is 53.4. The van der Waals surface area contributed by atoms with E-state index in [1.165, 1.54) is 109 Å². The highest BCUT2D eigenvalue weighted by atomic mass is 16.6. The molecule has 0 aliphatic carbocycles. The lowest BCUT2D eigenvalue weighted by Gasteiger charge is -2.18. The van der Waals surface area contributed by atoms with Crippen molar-refractivity contribution >= 4 is 17.9 Å². The lowest BCUT2D eigenvalue weighted by molar-refractivity contribution is -0.167. The van der Waals surface area contributed by atoms with Crippen molar-refractivity contribution in [2.45, 2.75) is 271 Å². The Morgan fingerprint density at radius 3 is 1.07 bits per heavy atom. The molecule has 0 aliphatic heterocycles. The van der Waals surface area contributed by atoms with E-state index in [1.54, 1.807) is 0 Å². The normalized spacial score (nSPS) is 12.7. The molecule has 0 N–H and O–H groups in total. The summed E-state index contributed by atoms with van der Waals surface area (Å²) in [5.74, 6) is -0.932. The van der Waals surface area contributed by atoms with Crippen molar-refractivity contribution < 1.29 is 28.6 Å². The summed E-state index contributed by atoms with van der Waals surface area (Å²) < 4.78 is 16.8. The number of ether oxygens (including phenoxy) is 3. The summed E-state index contributed by atoms with van der Waals surface area (Å²) in [7, 11) is 0. The van der Waals surface area contributed by atoms with E-state index in [-0.39, 0.29) is 31.1 Å². The zero-order chi connectivity index (χ0) is 48.6. The SMILES string of the molecule is CC/C=C\C/C=C\CCCCCCCC(=O)OCC(COC(=O)CCCCCCCCC/C=C\CCCCCCCCCC)OC(=O)CCCCCCC\C=C/C=C\C=C/C=C\CCCCC. The third-order valence-corrected chi connectivity index (χ3v) is 11.9. The van der Waals surface area contributed by atoms with Gasteiger partial charge in [0.15, 0.2) is 6.10 Å². The van der Waals surface area contributed by atoms with Gasteiger partial charge in [-0.2, -0.15) is 0 Å². The molecule has 0 aromatic carbocycles. The second kappa shape index (κ2) is 55.2. The molecule has 0 heterocycles. The Labute approximate surface area is 414 Å². The average molecular weight is 933 g/mol. The van der Waals surface area contributed by atoms with Gasteiger partial charge in [-0.25, -0.2) is 0 Å². The standard InChI is InChI=1S/C61H104O6/c1-4-7-10-13-16-19-22-25-27-29-31-33-34-36-39-42-45-48-51-54-60(63)66-57-58(56-65-59(62)53-50-47-44-41-38-24-21-18-15-12-9-6-3)67-61(64)55-52-49-46-43-40-37-35-32-30-28-26-23-20-17-14-11-8-5-2/h9,12,17-18,20-21,23,26,28-32,35,58H,4-8,10-11,13-16,19,22,24-25,27,33-34,36-57H2,1-3H3/b12-9-,20-17-,21-18-,26-23-,30-28-,31-29-,35-32-. The number of allylic oxidation sites excluding steroid dienone is 14. The van der Waals surface area contributed by atoms with Crippen LogP contribution >= 0.6 is 0 Å². The predicted octanol–water partition coefficient (Wildman–Crippen LogP) is 18.8. The van der Waals surface area contributed by atoms with Gasteiger partial charge in [0.25, 0.3) is 0 Å². The highest BCUT2D eigenvalue weighted by Crippen LogP contribution is 2.15. The van der Waals surface area contributed by atoms with Crippen molar-refractivity contribution in [3.63, 3.8) is 0 Å². The molecule has 0 aromatic heterocycles. The zero-order valence-electron chi connectivity index (χ0n) is 43.9. The average Bonchev–Trinajstić information content (AvgIpc) is 3.33. The fourth-order valence-electron chi connectivity index (χ4n) is 7.72. The smallest absolute Gasteiger partial charge is 0.306 e. The van der Waals surface area contributed by atoms with Gasteiger partial charge in [-0.05, 0) is 96.3 Å². The maximum absolute atomic E-state index is 12.8. The van der Waals surface area contributed by atoms with E-state index < -0.39 is 6.10 Å². The van der Waals surface area contributed by atoms with Gasteiger partial charge in [0.05, 0.1) is 0 Å². The molecule has 1 unspecified atom stereocenters. The van der Waals surface area contributed by atoms with Crippen molar-refractivity contribution in [3.05, 3.63) is 85.1 Å². The maximum atomic E-state index is 12.8. The van der Waals surface area contributed by atoms with Gasteiger partial charge in [0.1, 0.15) is 13.2 Å². The van der Waals surface area contributed by atoms with Gasteiger partial charge in [-0.15, -0.1) is 0 Å². The summed E-state index contributed by atoms with van der Waals surface area (Å²) in [6.45, 7) is 6.46. The minimum atomic E-state index is -0.797. The molecule has 0 bridgehead atoms. The van der Waals surface area contributed by atoms with Crippen LogP contribution in [0.4, 0.5) is 0 Å². The maximum Gasteiger partial charge on any atom is 0.306 e. The minimum Gasteiger partial charge on any atom is -0.462 e. The Hall–Kier alpha value is -3.41. The van der Waals surface area contributed by atoms with Gasteiger partial charge < -0.3 is 14.2 Å². The highest BCUT2D eigenvalue weighted by Gasteiger charge is 2.19. The number of rotatable bonds is 50. The van der Waals surface area contributed by atoms with Crippen molar-refractivity contribution in [1.29, 1.82) is 0 Å². The molecule has 0 aliphatic rings. The van der Waals surface area contributed by atoms with E-state index in [4.69, 9.17) is 14.2 Å². The summed E-state index contributed by atoms with van der Waals surface area (Å²) in [6, 6.07) is 0. The van der Waals surface area contributed by atoms with Crippen molar-refractivity contribution in [2.24, 2.45) is 0 Å². The molecule has 0 aromatic rings. The summed E-state index contributed by atoms with van der Waals surface area (Å²) in [5.41, 5.74) is 0. The van der Waals surface area contributed by atoms with Crippen LogP contribution < -0.4 is 0 Å². The van der Waals surface area contributed by atoms with Crippen LogP contribution in [0.25, 0.3) is 0 Å². The second-order valence-corrected chi connectivity index (χ2v) is 18.5. The first-order valence-corrected chi connectivity index (χ1v) is 28.1. The summed E-state index contributed by atoms with van der Waals surface area (Å²) in [6.07, 6.45) is 71.4. The molecule has 0 fully saturated rings. The Morgan fingerprint density at radius 2 is 0.642 bits per heavy atom. The van der Waals surface area contributed by atoms with Crippen LogP contribution in [-0.2, 0) is 28.6 Å². The first-order valence-electron chi connectivity index (χ1n) is 28.1. The molecule has 0 saturated heterocycles. The topological polar surface area (TPSA) is 78.9 Å². The van der Waals surface area contributed by atoms with E-state index in [1.807, 2.05) is 0 Å². The number of hydrogen-bond donors (Lipinski definition) is 0. The van der Waals surface area contributed by atoms with E-state index in [9.17, 15) is 14.4 Å². The fourth-order valence-corrected chi connectivity index (χ4v) is 7.72. The number of esters is 3. The molecule has 0 radical (unpaired) electrons. The van der Waals surface area contributed by atoms with E-state index >= 15 is 0 Å². The largest absolute Gasteiger partial charge is 0.462 e. The lowest BCUT2D eigenvalue weighted by atomic mass is 10.1. The Morgan fingerprint density at radius 1 is 0.328 bits per heavy atom. The molecule has 0 spiro atoms. The van der Waals surface area contributed by atoms with Gasteiger partial charge in [0, 0.05) is 19.3 Å². The highest BCUT2D eigenvalue weighted by molar-refractivity contribution is 5.71. The zero-order valence-corrected chi connectivity index (χ0v) is 43.9. The molecule has 6 heteroatoms. The van der Waals surface area contributed by atoms with Crippen molar-refractivity contribution in [1.82, 2.24) is 0 Å². The molecule has 0 rings (SSSR count). The first kappa shape index (κ1) is 63.6. The molecule has 0 saturated carbocycles. The molecule has 6 nitrogen and oxygen atoms in total. The van der Waals surface area contributed by atoms with Crippen LogP contribution in [0.1, 0.15) is 265 Å². The van der Waals surface area contributed by atoms with Gasteiger partial charge in [0.2, 0.25) is 0 Å². The quantitative estimate of drug-likeness (QED) is 0.0199. The van der Waals surface area contributed by atoms with Crippen LogP contribution in [0.15, 0.2) is 85.1 Å².